The molecule has 2 unspecified atom stereocenters. The molecule has 3 heteroatoms. The minimum absolute atomic E-state index is 0.206. The molecule has 0 aliphatic carbocycles. The molecule has 0 radical (unpaired) electrons. The summed E-state index contributed by atoms with van der Waals surface area (Å²) in [5, 5.41) is 0. The molecule has 0 saturated carbocycles. The van der Waals surface area contributed by atoms with E-state index in [4.69, 9.17) is 9.47 Å². The van der Waals surface area contributed by atoms with Crippen LogP contribution in [0.1, 0.15) is 69.9 Å². The van der Waals surface area contributed by atoms with Crippen LogP contribution in [0.3, 0.4) is 0 Å². The second kappa shape index (κ2) is 15.8. The molecule has 1 aromatic rings. The first-order valence-corrected chi connectivity index (χ1v) is 10.6. The zero-order chi connectivity index (χ0) is 19.7. The summed E-state index contributed by atoms with van der Waals surface area (Å²) in [6.45, 7) is 7.22. The fraction of sp³-hybridized carbons (Fsp3) is 0.667. The van der Waals surface area contributed by atoms with Gasteiger partial charge in [0.15, 0.2) is 6.86 Å². The smallest absolute Gasteiger partial charge is 0.188 e. The quantitative estimate of drug-likeness (QED) is 0.232. The van der Waals surface area contributed by atoms with Crippen LogP contribution in [-0.2, 0) is 15.9 Å². The van der Waals surface area contributed by atoms with Gasteiger partial charge in [-0.15, -0.1) is 0 Å². The van der Waals surface area contributed by atoms with Gasteiger partial charge in [0.1, 0.15) is 0 Å². The Kier molecular flexibility index (Phi) is 14.0. The van der Waals surface area contributed by atoms with E-state index >= 15 is 0 Å². The van der Waals surface area contributed by atoms with Gasteiger partial charge in [-0.05, 0) is 51.0 Å². The maximum atomic E-state index is 11.8. The molecule has 0 bridgehead atoms. The van der Waals surface area contributed by atoms with Crippen molar-refractivity contribution in [1.29, 1.82) is 0 Å². The zero-order valence-electron chi connectivity index (χ0n) is 17.6. The van der Waals surface area contributed by atoms with Crippen molar-refractivity contribution in [3.05, 3.63) is 47.5 Å². The Hall–Kier alpha value is -1.19. The highest BCUT2D eigenvalue weighted by Gasteiger charge is 2.14. The first-order valence-electron chi connectivity index (χ1n) is 10.6. The van der Waals surface area contributed by atoms with Gasteiger partial charge in [-0.3, -0.25) is 0 Å². The summed E-state index contributed by atoms with van der Waals surface area (Å²) < 4.78 is 22.7. The summed E-state index contributed by atoms with van der Waals surface area (Å²) in [5.41, 5.74) is 2.74. The second-order valence-corrected chi connectivity index (χ2v) is 7.50. The van der Waals surface area contributed by atoms with Crippen LogP contribution in [0.25, 0.3) is 0 Å². The average molecular weight is 379 g/mol. The molecule has 0 saturated heterocycles. The van der Waals surface area contributed by atoms with Crippen LogP contribution in [0.2, 0.25) is 0 Å². The van der Waals surface area contributed by atoms with Gasteiger partial charge in [-0.1, -0.05) is 74.6 Å². The SMILES string of the molecule is C/C=C\C(OCCCCCCCCOCF)C(C)CCc1cccc(C)c1. The molecule has 0 aliphatic rings. The van der Waals surface area contributed by atoms with Gasteiger partial charge in [0.25, 0.3) is 0 Å². The largest absolute Gasteiger partial charge is 0.374 e. The minimum atomic E-state index is -0.659. The minimum Gasteiger partial charge on any atom is -0.374 e. The molecule has 0 amide bonds. The highest BCUT2D eigenvalue weighted by atomic mass is 19.1. The van der Waals surface area contributed by atoms with Crippen molar-refractivity contribution in [2.45, 2.75) is 78.2 Å². The lowest BCUT2D eigenvalue weighted by atomic mass is 9.95. The Balaban J connectivity index is 2.17. The Bertz CT molecular complexity index is 501. The summed E-state index contributed by atoms with van der Waals surface area (Å²) in [4.78, 5) is 0. The maximum Gasteiger partial charge on any atom is 0.188 e. The van der Waals surface area contributed by atoms with Crippen molar-refractivity contribution in [2.75, 3.05) is 20.1 Å². The summed E-state index contributed by atoms with van der Waals surface area (Å²) >= 11 is 0. The molecule has 1 rings (SSSR count). The first kappa shape index (κ1) is 23.8. The third-order valence-corrected chi connectivity index (χ3v) is 4.98. The Labute approximate surface area is 166 Å². The molecular formula is C24H39FO2. The number of allylic oxidation sites excluding steroid dienone is 1. The van der Waals surface area contributed by atoms with Crippen LogP contribution in [-0.4, -0.2) is 26.2 Å². The van der Waals surface area contributed by atoms with Crippen molar-refractivity contribution in [1.82, 2.24) is 0 Å². The topological polar surface area (TPSA) is 18.5 Å². The van der Waals surface area contributed by atoms with Crippen molar-refractivity contribution in [3.8, 4) is 0 Å². The first-order chi connectivity index (χ1) is 13.2. The van der Waals surface area contributed by atoms with E-state index in [2.05, 4.69) is 57.2 Å². The van der Waals surface area contributed by atoms with Gasteiger partial charge < -0.3 is 9.47 Å². The molecule has 1 aromatic carbocycles. The van der Waals surface area contributed by atoms with Gasteiger partial charge in [0.05, 0.1) is 6.10 Å². The summed E-state index contributed by atoms with van der Waals surface area (Å²) in [5.74, 6) is 0.511. The Morgan fingerprint density at radius 3 is 2.41 bits per heavy atom. The van der Waals surface area contributed by atoms with E-state index in [0.29, 0.717) is 12.5 Å². The number of benzene rings is 1. The summed E-state index contributed by atoms with van der Waals surface area (Å²) in [6.07, 6.45) is 13.6. The van der Waals surface area contributed by atoms with Crippen LogP contribution < -0.4 is 0 Å². The summed E-state index contributed by atoms with van der Waals surface area (Å²) in [6, 6.07) is 8.79. The number of ether oxygens (including phenoxy) is 2. The van der Waals surface area contributed by atoms with E-state index in [9.17, 15) is 4.39 Å². The van der Waals surface area contributed by atoms with E-state index < -0.39 is 6.86 Å². The van der Waals surface area contributed by atoms with Crippen LogP contribution in [0.15, 0.2) is 36.4 Å². The fourth-order valence-corrected chi connectivity index (χ4v) is 3.31. The molecular weight excluding hydrogens is 339 g/mol. The summed E-state index contributed by atoms with van der Waals surface area (Å²) in [7, 11) is 0. The second-order valence-electron chi connectivity index (χ2n) is 7.50. The van der Waals surface area contributed by atoms with Crippen molar-refractivity contribution in [3.63, 3.8) is 0 Å². The lowest BCUT2D eigenvalue weighted by Crippen LogP contribution is -2.21. The van der Waals surface area contributed by atoms with Crippen LogP contribution in [0.4, 0.5) is 4.39 Å². The Morgan fingerprint density at radius 1 is 1.04 bits per heavy atom. The number of rotatable bonds is 16. The number of hydrogen-bond donors (Lipinski definition) is 0. The number of hydrogen-bond acceptors (Lipinski definition) is 2. The lowest BCUT2D eigenvalue weighted by molar-refractivity contribution is 0.0446. The number of unbranched alkanes of at least 4 members (excludes halogenated alkanes) is 5. The Morgan fingerprint density at radius 2 is 1.74 bits per heavy atom. The fourth-order valence-electron chi connectivity index (χ4n) is 3.31. The highest BCUT2D eigenvalue weighted by molar-refractivity contribution is 5.22. The molecule has 0 aromatic heterocycles. The van der Waals surface area contributed by atoms with Crippen molar-refractivity contribution < 1.29 is 13.9 Å². The van der Waals surface area contributed by atoms with Gasteiger partial charge in [0.2, 0.25) is 0 Å². The van der Waals surface area contributed by atoms with E-state index in [-0.39, 0.29) is 6.10 Å². The molecule has 154 valence electrons. The predicted octanol–water partition coefficient (Wildman–Crippen LogP) is 6.81. The van der Waals surface area contributed by atoms with Gasteiger partial charge >= 0.3 is 0 Å². The molecule has 0 N–H and O–H groups in total. The standard InChI is InChI=1S/C24H39FO2/c1-4-12-24(22(3)15-16-23-14-11-13-21(2)19-23)27-18-10-8-6-5-7-9-17-26-20-25/h4,11-14,19,22,24H,5-10,15-18,20H2,1-3H3/b12-4-. The number of alkyl halides is 1. The lowest BCUT2D eigenvalue weighted by Gasteiger charge is -2.22. The molecule has 2 nitrogen and oxygen atoms in total. The average Bonchev–Trinajstić information content (AvgIpc) is 2.66. The van der Waals surface area contributed by atoms with Crippen LogP contribution >= 0.6 is 0 Å². The van der Waals surface area contributed by atoms with Crippen LogP contribution in [0, 0.1) is 12.8 Å². The number of aryl methyl sites for hydroxylation is 2. The molecule has 0 fully saturated rings. The third-order valence-electron chi connectivity index (χ3n) is 4.98. The molecule has 0 spiro atoms. The van der Waals surface area contributed by atoms with Crippen molar-refractivity contribution in [2.24, 2.45) is 5.92 Å². The van der Waals surface area contributed by atoms with E-state index in [0.717, 1.165) is 38.7 Å². The monoisotopic (exact) mass is 378 g/mol. The third kappa shape index (κ3) is 12.0. The van der Waals surface area contributed by atoms with Gasteiger partial charge in [0, 0.05) is 13.2 Å². The number of halogens is 1. The van der Waals surface area contributed by atoms with E-state index in [1.165, 1.54) is 30.4 Å². The van der Waals surface area contributed by atoms with Gasteiger partial charge in [-0.25, -0.2) is 4.39 Å². The van der Waals surface area contributed by atoms with Crippen molar-refractivity contribution >= 4 is 0 Å². The normalized spacial score (nSPS) is 13.9. The predicted molar refractivity (Wildman–Crippen MR) is 113 cm³/mol. The molecule has 0 aliphatic heterocycles. The molecule has 27 heavy (non-hydrogen) atoms. The van der Waals surface area contributed by atoms with Crippen LogP contribution in [0.5, 0.6) is 0 Å². The molecule has 2 atom stereocenters. The van der Waals surface area contributed by atoms with E-state index in [1.807, 2.05) is 0 Å². The molecule has 0 heterocycles. The van der Waals surface area contributed by atoms with Gasteiger partial charge in [-0.2, -0.15) is 0 Å². The highest BCUT2D eigenvalue weighted by Crippen LogP contribution is 2.18. The van der Waals surface area contributed by atoms with E-state index in [1.54, 1.807) is 0 Å². The maximum absolute atomic E-state index is 11.8. The zero-order valence-corrected chi connectivity index (χ0v) is 17.6.